The lowest BCUT2D eigenvalue weighted by Crippen LogP contribution is -2.31. The van der Waals surface area contributed by atoms with Gasteiger partial charge >= 0.3 is 0 Å². The van der Waals surface area contributed by atoms with Crippen LogP contribution in [-0.4, -0.2) is 4.98 Å². The molecule has 0 aromatic carbocycles. The van der Waals surface area contributed by atoms with Crippen molar-refractivity contribution in [2.45, 2.75) is 38.1 Å². The Bertz CT molecular complexity index is 406. The maximum absolute atomic E-state index is 5.72. The summed E-state index contributed by atoms with van der Waals surface area (Å²) in [6.07, 6.45) is 8.72. The van der Waals surface area contributed by atoms with Gasteiger partial charge < -0.3 is 0 Å². The van der Waals surface area contributed by atoms with Crippen LogP contribution in [0.1, 0.15) is 43.8 Å². The quantitative estimate of drug-likeness (QED) is 0.663. The molecule has 98 valence electrons. The number of halogens is 1. The van der Waals surface area contributed by atoms with Crippen molar-refractivity contribution < 1.29 is 0 Å². The molecular formula is C14H20BrN3. The minimum Gasteiger partial charge on any atom is -0.271 e. The Morgan fingerprint density at radius 3 is 2.83 bits per heavy atom. The summed E-state index contributed by atoms with van der Waals surface area (Å²) in [4.78, 5) is 4.46. The standard InChI is InChI=1S/C14H20BrN3/c15-12-3-4-13(17-8-12)14(18-16)7-11-6-9-1-2-10(11)5-9/h3-4,8-11,14,18H,1-2,5-7,16H2. The maximum atomic E-state index is 5.72. The van der Waals surface area contributed by atoms with Crippen molar-refractivity contribution in [2.24, 2.45) is 23.6 Å². The summed E-state index contributed by atoms with van der Waals surface area (Å²) >= 11 is 3.42. The van der Waals surface area contributed by atoms with E-state index in [2.05, 4.69) is 32.4 Å². The van der Waals surface area contributed by atoms with Crippen LogP contribution in [0.4, 0.5) is 0 Å². The molecule has 2 saturated carbocycles. The normalized spacial score (nSPS) is 31.8. The zero-order valence-corrected chi connectivity index (χ0v) is 12.1. The molecule has 3 nitrogen and oxygen atoms in total. The minimum atomic E-state index is 0.197. The zero-order chi connectivity index (χ0) is 12.5. The van der Waals surface area contributed by atoms with Gasteiger partial charge in [0.05, 0.1) is 11.7 Å². The van der Waals surface area contributed by atoms with Gasteiger partial charge in [-0.05, 0) is 71.5 Å². The maximum Gasteiger partial charge on any atom is 0.0634 e. The molecule has 18 heavy (non-hydrogen) atoms. The molecule has 0 spiro atoms. The van der Waals surface area contributed by atoms with Crippen LogP contribution in [0.2, 0.25) is 0 Å². The molecule has 4 atom stereocenters. The highest BCUT2D eigenvalue weighted by molar-refractivity contribution is 9.10. The number of nitrogens with two attached hydrogens (primary N) is 1. The lowest BCUT2D eigenvalue weighted by Gasteiger charge is -2.26. The number of hydrazine groups is 1. The zero-order valence-electron chi connectivity index (χ0n) is 10.5. The van der Waals surface area contributed by atoms with Crippen molar-refractivity contribution in [3.63, 3.8) is 0 Å². The van der Waals surface area contributed by atoms with E-state index in [1.54, 1.807) is 0 Å². The van der Waals surface area contributed by atoms with Gasteiger partial charge in [0.15, 0.2) is 0 Å². The third kappa shape index (κ3) is 2.46. The number of hydrogen-bond acceptors (Lipinski definition) is 3. The first-order valence-electron chi connectivity index (χ1n) is 6.84. The molecule has 3 N–H and O–H groups in total. The molecule has 4 unspecified atom stereocenters. The Morgan fingerprint density at radius 2 is 2.28 bits per heavy atom. The Labute approximate surface area is 117 Å². The second-order valence-corrected chi connectivity index (χ2v) is 6.71. The van der Waals surface area contributed by atoms with Crippen LogP contribution in [-0.2, 0) is 0 Å². The Hall–Kier alpha value is -0.450. The average molecular weight is 310 g/mol. The third-order valence-corrected chi connectivity index (χ3v) is 5.20. The molecule has 3 rings (SSSR count). The van der Waals surface area contributed by atoms with Crippen molar-refractivity contribution in [3.8, 4) is 0 Å². The van der Waals surface area contributed by atoms with Crippen molar-refractivity contribution in [1.82, 2.24) is 10.4 Å². The number of fused-ring (bicyclic) bond motifs is 2. The van der Waals surface area contributed by atoms with Crippen LogP contribution in [0.25, 0.3) is 0 Å². The summed E-state index contributed by atoms with van der Waals surface area (Å²) in [5.74, 6) is 8.50. The third-order valence-electron chi connectivity index (χ3n) is 4.73. The molecule has 2 aliphatic rings. The summed E-state index contributed by atoms with van der Waals surface area (Å²) in [7, 11) is 0. The van der Waals surface area contributed by atoms with E-state index in [0.29, 0.717) is 0 Å². The highest BCUT2D eigenvalue weighted by Gasteiger charge is 2.40. The highest BCUT2D eigenvalue weighted by Crippen LogP contribution is 2.50. The lowest BCUT2D eigenvalue weighted by atomic mass is 9.83. The van der Waals surface area contributed by atoms with E-state index < -0.39 is 0 Å². The minimum absolute atomic E-state index is 0.197. The summed E-state index contributed by atoms with van der Waals surface area (Å²) in [6.45, 7) is 0. The average Bonchev–Trinajstić information content (AvgIpc) is 2.99. The molecule has 0 aliphatic heterocycles. The van der Waals surface area contributed by atoms with E-state index in [0.717, 1.165) is 34.3 Å². The van der Waals surface area contributed by atoms with Gasteiger partial charge in [0.1, 0.15) is 0 Å². The molecule has 1 aromatic heterocycles. The summed E-state index contributed by atoms with van der Waals surface area (Å²) in [5.41, 5.74) is 4.01. The Kier molecular flexibility index (Phi) is 3.68. The monoisotopic (exact) mass is 309 g/mol. The topological polar surface area (TPSA) is 50.9 Å². The van der Waals surface area contributed by atoms with E-state index in [-0.39, 0.29) is 6.04 Å². The predicted octanol–water partition coefficient (Wildman–Crippen LogP) is 3.17. The fraction of sp³-hybridized carbons (Fsp3) is 0.643. The van der Waals surface area contributed by atoms with E-state index in [1.165, 1.54) is 25.7 Å². The first kappa shape index (κ1) is 12.6. The highest BCUT2D eigenvalue weighted by atomic mass is 79.9. The van der Waals surface area contributed by atoms with Crippen molar-refractivity contribution in [3.05, 3.63) is 28.5 Å². The number of hydrogen-bond donors (Lipinski definition) is 2. The number of nitrogens with one attached hydrogen (secondary N) is 1. The molecule has 0 amide bonds. The molecule has 0 radical (unpaired) electrons. The second kappa shape index (κ2) is 5.27. The van der Waals surface area contributed by atoms with E-state index in [4.69, 9.17) is 5.84 Å². The van der Waals surface area contributed by atoms with Gasteiger partial charge in [-0.25, -0.2) is 0 Å². The molecule has 1 aromatic rings. The molecule has 2 bridgehead atoms. The summed E-state index contributed by atoms with van der Waals surface area (Å²) in [5, 5.41) is 0. The van der Waals surface area contributed by atoms with Gasteiger partial charge in [-0.2, -0.15) is 0 Å². The second-order valence-electron chi connectivity index (χ2n) is 5.79. The van der Waals surface area contributed by atoms with Crippen molar-refractivity contribution in [1.29, 1.82) is 0 Å². The van der Waals surface area contributed by atoms with Crippen LogP contribution in [0, 0.1) is 17.8 Å². The van der Waals surface area contributed by atoms with Gasteiger partial charge in [0.2, 0.25) is 0 Å². The van der Waals surface area contributed by atoms with Crippen LogP contribution in [0.15, 0.2) is 22.8 Å². The molecule has 0 saturated heterocycles. The van der Waals surface area contributed by atoms with E-state index in [1.807, 2.05) is 12.3 Å². The fourth-order valence-electron chi connectivity index (χ4n) is 3.84. The molecular weight excluding hydrogens is 290 g/mol. The largest absolute Gasteiger partial charge is 0.271 e. The van der Waals surface area contributed by atoms with E-state index >= 15 is 0 Å². The SMILES string of the molecule is NNC(CC1CC2CCC1C2)c1ccc(Br)cn1. The van der Waals surface area contributed by atoms with Crippen molar-refractivity contribution >= 4 is 15.9 Å². The van der Waals surface area contributed by atoms with Crippen LogP contribution < -0.4 is 11.3 Å². The number of aromatic nitrogens is 1. The van der Waals surface area contributed by atoms with Gasteiger partial charge in [-0.3, -0.25) is 16.3 Å². The van der Waals surface area contributed by atoms with Crippen molar-refractivity contribution in [2.75, 3.05) is 0 Å². The van der Waals surface area contributed by atoms with Crippen LogP contribution in [0.5, 0.6) is 0 Å². The first-order chi connectivity index (χ1) is 8.76. The smallest absolute Gasteiger partial charge is 0.0634 e. The summed E-state index contributed by atoms with van der Waals surface area (Å²) < 4.78 is 1.02. The van der Waals surface area contributed by atoms with Gasteiger partial charge in [-0.1, -0.05) is 6.42 Å². The predicted molar refractivity (Wildman–Crippen MR) is 75.6 cm³/mol. The number of pyridine rings is 1. The van der Waals surface area contributed by atoms with Gasteiger partial charge in [-0.15, -0.1) is 0 Å². The van der Waals surface area contributed by atoms with Crippen LogP contribution >= 0.6 is 15.9 Å². The van der Waals surface area contributed by atoms with Gasteiger partial charge in [0, 0.05) is 10.7 Å². The molecule has 4 heteroatoms. The fourth-order valence-corrected chi connectivity index (χ4v) is 4.07. The molecule has 2 aliphatic carbocycles. The van der Waals surface area contributed by atoms with Crippen LogP contribution in [0.3, 0.4) is 0 Å². The van der Waals surface area contributed by atoms with E-state index in [9.17, 15) is 0 Å². The lowest BCUT2D eigenvalue weighted by molar-refractivity contribution is 0.278. The Morgan fingerprint density at radius 1 is 1.39 bits per heavy atom. The Balaban J connectivity index is 1.67. The number of rotatable bonds is 4. The summed E-state index contributed by atoms with van der Waals surface area (Å²) in [6, 6.07) is 4.29. The first-order valence-corrected chi connectivity index (χ1v) is 7.63. The molecule has 1 heterocycles. The van der Waals surface area contributed by atoms with Gasteiger partial charge in [0.25, 0.3) is 0 Å². The molecule has 2 fully saturated rings. The number of nitrogens with zero attached hydrogens (tertiary/aromatic N) is 1.